The normalized spacial score (nSPS) is 11.8. The average molecular weight is 286 g/mol. The van der Waals surface area contributed by atoms with Crippen molar-refractivity contribution in [2.45, 2.75) is 17.9 Å². The molecule has 8 nitrogen and oxygen atoms in total. The number of hydrogen-bond donors (Lipinski definition) is 1. The third kappa shape index (κ3) is 3.91. The van der Waals surface area contributed by atoms with Crippen LogP contribution in [0.4, 0.5) is 11.4 Å². The topological polar surface area (TPSA) is 124 Å². The van der Waals surface area contributed by atoms with Gasteiger partial charge in [-0.1, -0.05) is 0 Å². The molecule has 9 heteroatoms. The van der Waals surface area contributed by atoms with E-state index < -0.39 is 21.1 Å². The molecule has 0 heterocycles. The predicted octanol–water partition coefficient (Wildman–Crippen LogP) is 2.21. The molecule has 102 valence electrons. The minimum absolute atomic E-state index is 0.0990. The van der Waals surface area contributed by atoms with Crippen LogP contribution in [-0.4, -0.2) is 26.2 Å². The fourth-order valence-electron chi connectivity index (χ4n) is 1.24. The first-order valence-electron chi connectivity index (χ1n) is 5.09. The van der Waals surface area contributed by atoms with Crippen LogP contribution in [0.5, 0.6) is 0 Å². The number of aliphatic carboxylic acids is 1. The third-order valence-corrected chi connectivity index (χ3v) is 3.49. The number of carboxylic acid groups (broad SMARTS) is 1. The average Bonchev–Trinajstić information content (AvgIpc) is 2.35. The van der Waals surface area contributed by atoms with Gasteiger partial charge < -0.3 is 5.11 Å². The lowest BCUT2D eigenvalue weighted by Crippen LogP contribution is -2.11. The largest absolute Gasteiger partial charge is 0.480 e. The highest BCUT2D eigenvalue weighted by Crippen LogP contribution is 2.29. The fourth-order valence-corrected chi connectivity index (χ4v) is 2.06. The Morgan fingerprint density at radius 3 is 2.47 bits per heavy atom. The predicted molar refractivity (Wildman–Crippen MR) is 68.1 cm³/mol. The number of nitro benzene ring substituents is 2. The standard InChI is InChI=1S/C10H10N2O6S/c1-6(10(13)14)19-5-7-2-3-8(11(15)16)4-9(7)12(17)18/h2-4,6H,5H2,1H3,(H,13,14). The van der Waals surface area contributed by atoms with E-state index in [0.717, 1.165) is 23.9 Å². The van der Waals surface area contributed by atoms with Gasteiger partial charge >= 0.3 is 5.97 Å². The van der Waals surface area contributed by atoms with Crippen molar-refractivity contribution in [3.05, 3.63) is 44.0 Å². The van der Waals surface area contributed by atoms with Crippen molar-refractivity contribution < 1.29 is 19.7 Å². The Kier molecular flexibility index (Phi) is 4.81. The van der Waals surface area contributed by atoms with Crippen LogP contribution in [0, 0.1) is 20.2 Å². The molecule has 0 aliphatic carbocycles. The number of non-ortho nitro benzene ring substituents is 1. The number of carbonyl (C=O) groups is 1. The monoisotopic (exact) mass is 286 g/mol. The molecule has 0 aromatic heterocycles. The van der Waals surface area contributed by atoms with Crippen molar-refractivity contribution in [1.82, 2.24) is 0 Å². The molecule has 1 aromatic carbocycles. The van der Waals surface area contributed by atoms with Gasteiger partial charge in [-0.3, -0.25) is 25.0 Å². The van der Waals surface area contributed by atoms with E-state index in [1.54, 1.807) is 0 Å². The number of nitro groups is 2. The molecule has 0 saturated carbocycles. The van der Waals surface area contributed by atoms with E-state index in [9.17, 15) is 25.0 Å². The number of hydrogen-bond acceptors (Lipinski definition) is 6. The first-order valence-corrected chi connectivity index (χ1v) is 6.14. The van der Waals surface area contributed by atoms with E-state index in [1.165, 1.54) is 13.0 Å². The van der Waals surface area contributed by atoms with Crippen molar-refractivity contribution in [3.8, 4) is 0 Å². The molecule has 0 radical (unpaired) electrons. The molecule has 0 aliphatic rings. The highest BCUT2D eigenvalue weighted by molar-refractivity contribution is 7.99. The maximum Gasteiger partial charge on any atom is 0.316 e. The van der Waals surface area contributed by atoms with Gasteiger partial charge in [0, 0.05) is 17.4 Å². The second kappa shape index (κ2) is 6.14. The molecule has 1 unspecified atom stereocenters. The Morgan fingerprint density at radius 1 is 1.37 bits per heavy atom. The summed E-state index contributed by atoms with van der Waals surface area (Å²) in [5, 5.41) is 29.4. The molecule has 0 saturated heterocycles. The van der Waals surface area contributed by atoms with Crippen molar-refractivity contribution in [1.29, 1.82) is 0 Å². The van der Waals surface area contributed by atoms with Gasteiger partial charge in [0.1, 0.15) is 0 Å². The summed E-state index contributed by atoms with van der Waals surface area (Å²) >= 11 is 1.01. The Morgan fingerprint density at radius 2 is 2.00 bits per heavy atom. The van der Waals surface area contributed by atoms with E-state index in [1.807, 2.05) is 0 Å². The minimum atomic E-state index is -1.02. The van der Waals surface area contributed by atoms with Crippen molar-refractivity contribution in [2.75, 3.05) is 0 Å². The molecular weight excluding hydrogens is 276 g/mol. The molecule has 0 spiro atoms. The molecule has 0 aliphatic heterocycles. The van der Waals surface area contributed by atoms with E-state index in [4.69, 9.17) is 5.11 Å². The lowest BCUT2D eigenvalue weighted by atomic mass is 10.2. The van der Waals surface area contributed by atoms with Crippen LogP contribution in [0.2, 0.25) is 0 Å². The molecule has 1 atom stereocenters. The second-order valence-electron chi connectivity index (χ2n) is 3.62. The molecule has 1 N–H and O–H groups in total. The molecule has 0 amide bonds. The zero-order valence-corrected chi connectivity index (χ0v) is 10.6. The van der Waals surface area contributed by atoms with Gasteiger partial charge in [-0.15, -0.1) is 11.8 Å². The summed E-state index contributed by atoms with van der Waals surface area (Å²) in [5.41, 5.74) is -0.486. The zero-order chi connectivity index (χ0) is 14.6. The Balaban J connectivity index is 2.97. The van der Waals surface area contributed by atoms with Gasteiger partial charge in [0.25, 0.3) is 11.4 Å². The van der Waals surface area contributed by atoms with Crippen LogP contribution in [0.1, 0.15) is 12.5 Å². The molecule has 0 fully saturated rings. The Labute approximate surface area is 111 Å². The van der Waals surface area contributed by atoms with Gasteiger partial charge in [-0.05, 0) is 13.0 Å². The van der Waals surface area contributed by atoms with Crippen LogP contribution in [0.25, 0.3) is 0 Å². The number of thioether (sulfide) groups is 1. The summed E-state index contributed by atoms with van der Waals surface area (Å²) < 4.78 is 0. The van der Waals surface area contributed by atoms with Crippen molar-refractivity contribution >= 4 is 29.1 Å². The fraction of sp³-hybridized carbons (Fsp3) is 0.300. The number of rotatable bonds is 6. The summed E-state index contributed by atoms with van der Waals surface area (Å²) in [6.07, 6.45) is 0. The van der Waals surface area contributed by atoms with Crippen LogP contribution in [-0.2, 0) is 10.5 Å². The number of nitrogens with zero attached hydrogens (tertiary/aromatic N) is 2. The SMILES string of the molecule is CC(SCc1ccc([N+](=O)[O-])cc1[N+](=O)[O-])C(=O)O. The van der Waals surface area contributed by atoms with Gasteiger partial charge in [-0.2, -0.15) is 0 Å². The van der Waals surface area contributed by atoms with E-state index in [-0.39, 0.29) is 22.7 Å². The van der Waals surface area contributed by atoms with Gasteiger partial charge in [-0.25, -0.2) is 0 Å². The van der Waals surface area contributed by atoms with Gasteiger partial charge in [0.2, 0.25) is 0 Å². The van der Waals surface area contributed by atoms with E-state index in [2.05, 4.69) is 0 Å². The smallest absolute Gasteiger partial charge is 0.316 e. The summed E-state index contributed by atoms with van der Waals surface area (Å²) in [5.74, 6) is -0.920. The number of benzene rings is 1. The first kappa shape index (κ1) is 14.9. The molecule has 0 bridgehead atoms. The lowest BCUT2D eigenvalue weighted by Gasteiger charge is -2.06. The molecule has 1 rings (SSSR count). The second-order valence-corrected chi connectivity index (χ2v) is 4.95. The molecule has 19 heavy (non-hydrogen) atoms. The number of carboxylic acids is 1. The van der Waals surface area contributed by atoms with Gasteiger partial charge in [0.15, 0.2) is 0 Å². The highest BCUT2D eigenvalue weighted by atomic mass is 32.2. The quantitative estimate of drug-likeness (QED) is 0.627. The lowest BCUT2D eigenvalue weighted by molar-refractivity contribution is -0.394. The van der Waals surface area contributed by atoms with Crippen LogP contribution in [0.3, 0.4) is 0 Å². The van der Waals surface area contributed by atoms with Crippen molar-refractivity contribution in [3.63, 3.8) is 0 Å². The minimum Gasteiger partial charge on any atom is -0.480 e. The Hall–Kier alpha value is -2.16. The molecular formula is C10H10N2O6S. The van der Waals surface area contributed by atoms with Crippen LogP contribution >= 0.6 is 11.8 Å². The van der Waals surface area contributed by atoms with Crippen LogP contribution < -0.4 is 0 Å². The van der Waals surface area contributed by atoms with E-state index >= 15 is 0 Å². The van der Waals surface area contributed by atoms with Crippen LogP contribution in [0.15, 0.2) is 18.2 Å². The summed E-state index contributed by atoms with van der Waals surface area (Å²) in [7, 11) is 0. The first-order chi connectivity index (χ1) is 8.82. The maximum atomic E-state index is 10.8. The molecule has 1 aromatic rings. The third-order valence-electron chi connectivity index (χ3n) is 2.31. The summed E-state index contributed by atoms with van der Waals surface area (Å²) in [6, 6.07) is 3.31. The summed E-state index contributed by atoms with van der Waals surface area (Å²) in [6.45, 7) is 1.46. The van der Waals surface area contributed by atoms with Crippen molar-refractivity contribution in [2.24, 2.45) is 0 Å². The summed E-state index contributed by atoms with van der Waals surface area (Å²) in [4.78, 5) is 30.6. The van der Waals surface area contributed by atoms with Gasteiger partial charge in [0.05, 0.1) is 21.2 Å². The zero-order valence-electron chi connectivity index (χ0n) is 9.81. The Bertz CT molecular complexity index is 533. The van der Waals surface area contributed by atoms with E-state index in [0.29, 0.717) is 0 Å². The highest BCUT2D eigenvalue weighted by Gasteiger charge is 2.20. The maximum absolute atomic E-state index is 10.8.